The van der Waals surface area contributed by atoms with Crippen LogP contribution in [0.4, 0.5) is 5.69 Å². The first kappa shape index (κ1) is 15.6. The molecule has 1 saturated heterocycles. The van der Waals surface area contributed by atoms with Crippen molar-refractivity contribution in [2.45, 2.75) is 37.8 Å². The van der Waals surface area contributed by atoms with Crippen molar-refractivity contribution in [1.29, 1.82) is 0 Å². The van der Waals surface area contributed by atoms with Crippen LogP contribution >= 0.6 is 12.4 Å². The molecular weight excluding hydrogens is 290 g/mol. The molecule has 5 nitrogen and oxygen atoms in total. The molecule has 1 saturated carbocycles. The van der Waals surface area contributed by atoms with Crippen LogP contribution in [0.2, 0.25) is 0 Å². The first-order valence-electron chi connectivity index (χ1n) is 7.05. The van der Waals surface area contributed by atoms with E-state index in [-0.39, 0.29) is 30.3 Å². The van der Waals surface area contributed by atoms with Crippen LogP contribution in [0, 0.1) is 0 Å². The maximum Gasteiger partial charge on any atom is 0.225 e. The molecule has 1 unspecified atom stereocenters. The summed E-state index contributed by atoms with van der Waals surface area (Å²) >= 11 is 0. The monoisotopic (exact) mass is 309 g/mol. The standard InChI is InChI=1S/C15H19N3O2.ClH/c16-11-3-1-10(2-4-11)7-14(19)17-12-8-15(20)18(9-12)13-5-6-13;/h1-4,12-13H,5-9,16H2,(H,17,19);1H. The molecule has 0 radical (unpaired) electrons. The number of anilines is 1. The Labute approximate surface area is 130 Å². The fourth-order valence-corrected chi connectivity index (χ4v) is 2.67. The van der Waals surface area contributed by atoms with Gasteiger partial charge in [-0.3, -0.25) is 9.59 Å². The predicted molar refractivity (Wildman–Crippen MR) is 83.1 cm³/mol. The Morgan fingerprint density at radius 2 is 1.95 bits per heavy atom. The van der Waals surface area contributed by atoms with E-state index in [1.807, 2.05) is 17.0 Å². The van der Waals surface area contributed by atoms with Gasteiger partial charge in [-0.2, -0.15) is 0 Å². The van der Waals surface area contributed by atoms with Gasteiger partial charge in [0.2, 0.25) is 11.8 Å². The third kappa shape index (κ3) is 3.88. The predicted octanol–water partition coefficient (Wildman–Crippen LogP) is 1.11. The topological polar surface area (TPSA) is 75.4 Å². The van der Waals surface area contributed by atoms with Gasteiger partial charge in [-0.15, -0.1) is 12.4 Å². The van der Waals surface area contributed by atoms with Crippen LogP contribution in [-0.4, -0.2) is 35.3 Å². The second kappa shape index (κ2) is 6.35. The van der Waals surface area contributed by atoms with Crippen molar-refractivity contribution >= 4 is 29.9 Å². The van der Waals surface area contributed by atoms with Crippen LogP contribution in [0.15, 0.2) is 24.3 Å². The van der Waals surface area contributed by atoms with E-state index in [1.54, 1.807) is 12.1 Å². The Balaban J connectivity index is 0.00000161. The largest absolute Gasteiger partial charge is 0.399 e. The molecule has 2 amide bonds. The number of likely N-dealkylation sites (tertiary alicyclic amines) is 1. The first-order chi connectivity index (χ1) is 9.61. The smallest absolute Gasteiger partial charge is 0.225 e. The zero-order valence-corrected chi connectivity index (χ0v) is 12.6. The van der Waals surface area contributed by atoms with E-state index in [2.05, 4.69) is 5.32 Å². The number of hydrogen-bond donors (Lipinski definition) is 2. The summed E-state index contributed by atoms with van der Waals surface area (Å²) < 4.78 is 0. The van der Waals surface area contributed by atoms with Crippen LogP contribution in [-0.2, 0) is 16.0 Å². The summed E-state index contributed by atoms with van der Waals surface area (Å²) in [6.07, 6.45) is 2.98. The normalized spacial score (nSPS) is 21.0. The lowest BCUT2D eigenvalue weighted by Gasteiger charge is -2.16. The number of benzene rings is 1. The summed E-state index contributed by atoms with van der Waals surface area (Å²) in [6.45, 7) is 0.664. The minimum absolute atomic E-state index is 0. The molecule has 3 rings (SSSR count). The third-order valence-electron chi connectivity index (χ3n) is 3.86. The van der Waals surface area contributed by atoms with Gasteiger partial charge in [-0.05, 0) is 30.5 Å². The molecule has 0 spiro atoms. The van der Waals surface area contributed by atoms with E-state index in [0.29, 0.717) is 31.1 Å². The number of nitrogens with one attached hydrogen (secondary N) is 1. The van der Waals surface area contributed by atoms with Gasteiger partial charge < -0.3 is 16.0 Å². The summed E-state index contributed by atoms with van der Waals surface area (Å²) in [6, 6.07) is 7.68. The average Bonchev–Trinajstić information content (AvgIpc) is 3.17. The lowest BCUT2D eigenvalue weighted by Crippen LogP contribution is -2.38. The molecule has 6 heteroatoms. The molecule has 0 aromatic heterocycles. The number of rotatable bonds is 4. The Morgan fingerprint density at radius 3 is 2.57 bits per heavy atom. The highest BCUT2D eigenvalue weighted by Crippen LogP contribution is 2.30. The van der Waals surface area contributed by atoms with E-state index in [1.165, 1.54) is 0 Å². The fraction of sp³-hybridized carbons (Fsp3) is 0.467. The molecule has 1 atom stereocenters. The van der Waals surface area contributed by atoms with Gasteiger partial charge in [0.25, 0.3) is 0 Å². The van der Waals surface area contributed by atoms with Crippen molar-refractivity contribution in [1.82, 2.24) is 10.2 Å². The molecule has 1 aromatic carbocycles. The number of carbonyl (C=O) groups is 2. The van der Waals surface area contributed by atoms with Gasteiger partial charge in [0.05, 0.1) is 12.5 Å². The molecule has 2 aliphatic rings. The molecule has 1 aliphatic carbocycles. The SMILES string of the molecule is Cl.Nc1ccc(CC(=O)NC2CC(=O)N(C3CC3)C2)cc1. The lowest BCUT2D eigenvalue weighted by atomic mass is 10.1. The highest BCUT2D eigenvalue weighted by molar-refractivity contribution is 5.85. The Kier molecular flexibility index (Phi) is 4.73. The van der Waals surface area contributed by atoms with Crippen LogP contribution in [0.1, 0.15) is 24.8 Å². The molecule has 21 heavy (non-hydrogen) atoms. The van der Waals surface area contributed by atoms with Crippen LogP contribution in [0.3, 0.4) is 0 Å². The Bertz CT molecular complexity index is 528. The maximum atomic E-state index is 12.0. The molecular formula is C15H20ClN3O2. The third-order valence-corrected chi connectivity index (χ3v) is 3.86. The van der Waals surface area contributed by atoms with Gasteiger partial charge >= 0.3 is 0 Å². The molecule has 1 aromatic rings. The highest BCUT2D eigenvalue weighted by atomic mass is 35.5. The van der Waals surface area contributed by atoms with Crippen molar-refractivity contribution in [2.75, 3.05) is 12.3 Å². The zero-order chi connectivity index (χ0) is 14.1. The van der Waals surface area contributed by atoms with Crippen molar-refractivity contribution < 1.29 is 9.59 Å². The fourth-order valence-electron chi connectivity index (χ4n) is 2.67. The lowest BCUT2D eigenvalue weighted by molar-refractivity contribution is -0.128. The number of halogens is 1. The van der Waals surface area contributed by atoms with E-state index < -0.39 is 0 Å². The number of hydrogen-bond acceptors (Lipinski definition) is 3. The molecule has 2 fully saturated rings. The highest BCUT2D eigenvalue weighted by Gasteiger charge is 2.39. The van der Waals surface area contributed by atoms with Crippen LogP contribution in [0.5, 0.6) is 0 Å². The van der Waals surface area contributed by atoms with E-state index in [9.17, 15) is 9.59 Å². The second-order valence-corrected chi connectivity index (χ2v) is 5.66. The van der Waals surface area contributed by atoms with Gasteiger partial charge in [0.15, 0.2) is 0 Å². The van der Waals surface area contributed by atoms with E-state index in [0.717, 1.165) is 18.4 Å². The van der Waals surface area contributed by atoms with Crippen LogP contribution < -0.4 is 11.1 Å². The van der Waals surface area contributed by atoms with Gasteiger partial charge in [-0.25, -0.2) is 0 Å². The minimum atomic E-state index is -0.0376. The summed E-state index contributed by atoms with van der Waals surface area (Å²) in [5, 5.41) is 2.95. The zero-order valence-electron chi connectivity index (χ0n) is 11.7. The molecule has 114 valence electrons. The number of carbonyl (C=O) groups excluding carboxylic acids is 2. The first-order valence-corrected chi connectivity index (χ1v) is 7.05. The Morgan fingerprint density at radius 1 is 1.29 bits per heavy atom. The van der Waals surface area contributed by atoms with Gasteiger partial charge in [0, 0.05) is 24.7 Å². The maximum absolute atomic E-state index is 12.0. The summed E-state index contributed by atoms with van der Waals surface area (Å²) in [4.78, 5) is 25.7. The summed E-state index contributed by atoms with van der Waals surface area (Å²) in [5.74, 6) is 0.135. The number of amides is 2. The van der Waals surface area contributed by atoms with Crippen molar-refractivity contribution in [3.05, 3.63) is 29.8 Å². The van der Waals surface area contributed by atoms with Crippen molar-refractivity contribution in [3.8, 4) is 0 Å². The van der Waals surface area contributed by atoms with E-state index in [4.69, 9.17) is 5.73 Å². The second-order valence-electron chi connectivity index (χ2n) is 5.66. The van der Waals surface area contributed by atoms with Crippen molar-refractivity contribution in [2.24, 2.45) is 0 Å². The van der Waals surface area contributed by atoms with Gasteiger partial charge in [0.1, 0.15) is 0 Å². The summed E-state index contributed by atoms with van der Waals surface area (Å²) in [5.41, 5.74) is 7.23. The molecule has 0 bridgehead atoms. The minimum Gasteiger partial charge on any atom is -0.399 e. The van der Waals surface area contributed by atoms with Gasteiger partial charge in [-0.1, -0.05) is 12.1 Å². The molecule has 3 N–H and O–H groups in total. The summed E-state index contributed by atoms with van der Waals surface area (Å²) in [7, 11) is 0. The quantitative estimate of drug-likeness (QED) is 0.818. The number of nitrogens with two attached hydrogens (primary N) is 1. The number of nitrogen functional groups attached to an aromatic ring is 1. The van der Waals surface area contributed by atoms with Crippen molar-refractivity contribution in [3.63, 3.8) is 0 Å². The Hall–Kier alpha value is -1.75. The van der Waals surface area contributed by atoms with Crippen LogP contribution in [0.25, 0.3) is 0 Å². The van der Waals surface area contributed by atoms with E-state index >= 15 is 0 Å². The molecule has 1 heterocycles. The average molecular weight is 310 g/mol. The molecule has 1 aliphatic heterocycles. The number of nitrogens with zero attached hydrogens (tertiary/aromatic N) is 1.